The summed E-state index contributed by atoms with van der Waals surface area (Å²) < 4.78 is 80.9. The maximum Gasteiger partial charge on any atom is 1.00 e. The number of pyridine rings is 2. The van der Waals surface area contributed by atoms with Crippen molar-refractivity contribution in [3.05, 3.63) is 122 Å². The van der Waals surface area contributed by atoms with Gasteiger partial charge in [0.25, 0.3) is 0 Å². The van der Waals surface area contributed by atoms with E-state index in [9.17, 15) is 41.6 Å². The van der Waals surface area contributed by atoms with Crippen molar-refractivity contribution in [2.24, 2.45) is 40.9 Å². The second-order valence-electron chi connectivity index (χ2n) is 13.4. The summed E-state index contributed by atoms with van der Waals surface area (Å²) in [6, 6.07) is 26.0. The number of rotatable bonds is 16. The molecular weight excluding hydrogens is 1060 g/mol. The third kappa shape index (κ3) is 14.5. The van der Waals surface area contributed by atoms with E-state index in [-0.39, 0.29) is 180 Å². The standard InChI is InChI=1S/C40H27N11O13S4.4Na/c41-35-34-21(20-33(68(58,59)60)39(35)51-49-31-16-14-29(27-4-2-18-43-37(27)31)47-45-23-7-11-25(12-8-23)67(55,56)57)19-32(66-64-62-54)38(40(34)52)50-48-30-15-13-28(26-3-1-17-42-36(26)30)46-44-22-5-9-24(10-6-22)65-63-61-53;;;;/h1-20,52-54H,41H2,(H,55,56,57)(H,58,59,60);;;;/q;4*+1/p-4. The molecule has 24 nitrogen and oxygen atoms in total. The molecule has 2 aromatic heterocycles. The fourth-order valence-corrected chi connectivity index (χ4v) is 8.34. The van der Waals surface area contributed by atoms with E-state index in [2.05, 4.69) is 69.6 Å². The molecule has 0 aliphatic rings. The number of hydrogen-bond acceptors (Lipinski definition) is 26. The molecule has 0 fully saturated rings. The molecule has 0 atom stereocenters. The van der Waals surface area contributed by atoms with E-state index >= 15 is 0 Å². The van der Waals surface area contributed by atoms with Gasteiger partial charge in [0.1, 0.15) is 43.0 Å². The zero-order valence-corrected chi connectivity index (χ0v) is 48.8. The minimum atomic E-state index is -5.35. The summed E-state index contributed by atoms with van der Waals surface area (Å²) in [4.78, 5) is 7.83. The van der Waals surface area contributed by atoms with Gasteiger partial charge in [0.05, 0.1) is 83.6 Å². The number of phenols is 1. The van der Waals surface area contributed by atoms with Crippen LogP contribution in [0.3, 0.4) is 0 Å². The van der Waals surface area contributed by atoms with Gasteiger partial charge in [-0.15, -0.1) is 30.7 Å². The number of fused-ring (bicyclic) bond motifs is 3. The van der Waals surface area contributed by atoms with Gasteiger partial charge in [-0.3, -0.25) is 20.0 Å². The zero-order valence-electron chi connectivity index (χ0n) is 37.6. The first-order chi connectivity index (χ1) is 32.7. The molecule has 344 valence electrons. The number of benzene rings is 6. The van der Waals surface area contributed by atoms with Crippen LogP contribution in [0.1, 0.15) is 0 Å². The van der Waals surface area contributed by atoms with E-state index in [1.807, 2.05) is 0 Å². The van der Waals surface area contributed by atoms with Gasteiger partial charge in [0.2, 0.25) is 0 Å². The number of phenolic OH excluding ortho intramolecular Hbond substituents is 1. The van der Waals surface area contributed by atoms with Crippen molar-refractivity contribution in [1.29, 1.82) is 0 Å². The van der Waals surface area contributed by atoms with Crippen molar-refractivity contribution in [1.82, 2.24) is 9.97 Å². The van der Waals surface area contributed by atoms with Crippen LogP contribution >= 0.6 is 24.1 Å². The minimum Gasteiger partial charge on any atom is -0.744 e. The molecule has 0 aliphatic heterocycles. The van der Waals surface area contributed by atoms with Gasteiger partial charge in [-0.2, -0.15) is 18.9 Å². The summed E-state index contributed by atoms with van der Waals surface area (Å²) in [6.45, 7) is 0. The first-order valence-electron chi connectivity index (χ1n) is 18.7. The van der Waals surface area contributed by atoms with E-state index in [4.69, 9.17) is 5.73 Å². The number of aromatic hydroxyl groups is 1. The number of hydrogen-bond donors (Lipinski definition) is 2. The van der Waals surface area contributed by atoms with Gasteiger partial charge < -0.3 is 30.5 Å². The number of anilines is 1. The molecule has 8 rings (SSSR count). The quantitative estimate of drug-likeness (QED) is 0.0187. The summed E-state index contributed by atoms with van der Waals surface area (Å²) in [5, 5.41) is 73.9. The van der Waals surface area contributed by atoms with Crippen LogP contribution in [0.5, 0.6) is 5.75 Å². The van der Waals surface area contributed by atoms with Crippen molar-refractivity contribution in [2.75, 3.05) is 5.73 Å². The molecule has 0 unspecified atom stereocenters. The average Bonchev–Trinajstić information content (AvgIpc) is 3.33. The Bertz CT molecular complexity index is 3610. The normalized spacial score (nSPS) is 11.9. The Labute approximate surface area is 503 Å². The van der Waals surface area contributed by atoms with Crippen molar-refractivity contribution < 1.29 is 179 Å². The molecule has 0 radical (unpaired) electrons. The predicted octanol–water partition coefficient (Wildman–Crippen LogP) is -2.83. The maximum absolute atomic E-state index is 12.7. The predicted molar refractivity (Wildman–Crippen MR) is 235 cm³/mol. The van der Waals surface area contributed by atoms with E-state index in [0.717, 1.165) is 18.2 Å². The van der Waals surface area contributed by atoms with Gasteiger partial charge >= 0.3 is 118 Å². The molecule has 0 aliphatic carbocycles. The Morgan fingerprint density at radius 1 is 0.556 bits per heavy atom. The first-order valence-corrected chi connectivity index (χ1v) is 23.0. The fraction of sp³-hybridized carbons (Fsp3) is 0. The molecule has 3 N–H and O–H groups in total. The summed E-state index contributed by atoms with van der Waals surface area (Å²) in [5.41, 5.74) is 7.08. The summed E-state index contributed by atoms with van der Waals surface area (Å²) >= 11 is 0.992. The van der Waals surface area contributed by atoms with Crippen LogP contribution in [-0.4, -0.2) is 41.0 Å². The van der Waals surface area contributed by atoms with Gasteiger partial charge in [-0.1, -0.05) is 0 Å². The second kappa shape index (κ2) is 27.5. The Balaban J connectivity index is 0.00000281. The molecule has 8 aromatic rings. The summed E-state index contributed by atoms with van der Waals surface area (Å²) in [6.07, 6.45) is 2.93. The van der Waals surface area contributed by atoms with Crippen LogP contribution in [-0.2, 0) is 39.0 Å². The molecule has 0 amide bonds. The third-order valence-corrected chi connectivity index (χ3v) is 12.3. The van der Waals surface area contributed by atoms with E-state index < -0.39 is 47.2 Å². The van der Waals surface area contributed by atoms with Gasteiger partial charge in [0.15, 0.2) is 5.75 Å². The summed E-state index contributed by atoms with van der Waals surface area (Å²) in [7, 11) is -10.0. The van der Waals surface area contributed by atoms with Crippen LogP contribution in [0.4, 0.5) is 51.2 Å². The van der Waals surface area contributed by atoms with Crippen LogP contribution < -0.4 is 134 Å². The molecule has 2 heterocycles. The van der Waals surface area contributed by atoms with Crippen LogP contribution in [0, 0.1) is 0 Å². The van der Waals surface area contributed by atoms with Gasteiger partial charge in [0, 0.05) is 28.1 Å². The molecule has 0 spiro atoms. The third-order valence-electron chi connectivity index (χ3n) is 9.37. The topological polar surface area (TPSA) is 368 Å². The Kier molecular flexibility index (Phi) is 23.4. The van der Waals surface area contributed by atoms with E-state index in [1.54, 1.807) is 54.6 Å². The smallest absolute Gasteiger partial charge is 0.744 e. The largest absolute Gasteiger partial charge is 1.00 e. The molecule has 32 heteroatoms. The first kappa shape index (κ1) is 61.2. The second-order valence-corrected chi connectivity index (χ2v) is 17.7. The monoisotopic (exact) mass is 1080 g/mol. The summed E-state index contributed by atoms with van der Waals surface area (Å²) in [5.74, 6) is -0.711. The fourth-order valence-electron chi connectivity index (χ4n) is 6.37. The molecule has 0 bridgehead atoms. The van der Waals surface area contributed by atoms with Crippen molar-refractivity contribution >= 4 is 128 Å². The Morgan fingerprint density at radius 2 is 1.03 bits per heavy atom. The van der Waals surface area contributed by atoms with E-state index in [1.165, 1.54) is 48.8 Å². The number of nitrogens with two attached hydrogens (primary N) is 1. The number of nitrogens with zero attached hydrogens (tertiary/aromatic N) is 10. The number of nitrogen functional groups attached to an aromatic ring is 1. The van der Waals surface area contributed by atoms with Crippen LogP contribution in [0.2, 0.25) is 0 Å². The van der Waals surface area contributed by atoms with Crippen molar-refractivity contribution in [3.63, 3.8) is 0 Å². The Hall–Kier alpha value is -3.32. The average molecular weight is 1090 g/mol. The number of aromatic nitrogens is 2. The van der Waals surface area contributed by atoms with Crippen LogP contribution in [0.25, 0.3) is 32.6 Å². The number of azo groups is 4. The zero-order chi connectivity index (χ0) is 48.0. The van der Waals surface area contributed by atoms with Crippen molar-refractivity contribution in [2.45, 2.75) is 19.6 Å². The molecule has 0 saturated carbocycles. The molecule has 72 heavy (non-hydrogen) atoms. The maximum atomic E-state index is 12.7. The minimum absolute atomic E-state index is 0. The van der Waals surface area contributed by atoms with E-state index in [0.29, 0.717) is 44.6 Å². The molecule has 6 aromatic carbocycles. The van der Waals surface area contributed by atoms with Crippen molar-refractivity contribution in [3.8, 4) is 5.75 Å². The van der Waals surface area contributed by atoms with Gasteiger partial charge in [-0.05, 0) is 115 Å². The molecule has 0 saturated heterocycles. The SMILES string of the molecule is Nc1c(N=Nc2ccc(N=Nc3ccc(S(=O)(=O)[O-])cc3)c3cccnc23)c(S(=O)(=O)[O-])cc2cc(SOO[O-])c(N=Nc3ccc(N=Nc4ccc(SOO[O-])cc4)c4cccnc34)c(O)c12.[Na+].[Na+].[Na+].[Na+]. The molecular formula is C40H23N11Na4O13S4. The van der Waals surface area contributed by atoms with Crippen LogP contribution in [0.15, 0.2) is 182 Å². The van der Waals surface area contributed by atoms with Gasteiger partial charge in [-0.25, -0.2) is 16.8 Å². The Morgan fingerprint density at radius 3 is 1.53 bits per heavy atom.